The lowest BCUT2D eigenvalue weighted by Gasteiger charge is -2.28. The Morgan fingerprint density at radius 3 is 1.31 bits per heavy atom. The van der Waals surface area contributed by atoms with Gasteiger partial charge in [-0.25, -0.2) is 0 Å². The quantitative estimate of drug-likeness (QED) is 0.164. The molecule has 2 atom stereocenters. The van der Waals surface area contributed by atoms with Crippen molar-refractivity contribution in [3.63, 3.8) is 0 Å². The Hall–Kier alpha value is -4.66. The lowest BCUT2D eigenvalue weighted by atomic mass is 9.86. The molecule has 12 nitrogen and oxygen atoms in total. The number of allylic oxidation sites excluding steroid dienone is 4. The van der Waals surface area contributed by atoms with E-state index in [1.165, 1.54) is 0 Å². The third-order valence-electron chi connectivity index (χ3n) is 6.88. The Morgan fingerprint density at radius 2 is 1.00 bits per heavy atom. The summed E-state index contributed by atoms with van der Waals surface area (Å²) in [5.41, 5.74) is 2.31. The molecule has 0 fully saturated rings. The van der Waals surface area contributed by atoms with Crippen molar-refractivity contribution in [3.05, 3.63) is 44.8 Å². The topological polar surface area (TPSA) is 226 Å². The Bertz CT molecular complexity index is 1220. The van der Waals surface area contributed by atoms with Gasteiger partial charge in [-0.2, -0.15) is 31.6 Å². The van der Waals surface area contributed by atoms with E-state index in [2.05, 4.69) is 22.8 Å². The van der Waals surface area contributed by atoms with Crippen molar-refractivity contribution in [1.29, 1.82) is 31.6 Å². The molecular weight excluding hydrogens is 536 g/mol. The average molecular weight is 571 g/mol. The summed E-state index contributed by atoms with van der Waals surface area (Å²) in [6, 6.07) is 11.7. The fourth-order valence-electron chi connectivity index (χ4n) is 4.95. The van der Waals surface area contributed by atoms with Crippen molar-refractivity contribution in [2.75, 3.05) is 39.5 Å². The number of nitrogens with zero attached hydrogens (tertiary/aromatic N) is 6. The Kier molecular flexibility index (Phi) is 14.9. The van der Waals surface area contributed by atoms with E-state index in [1.54, 1.807) is 0 Å². The number of ether oxygens (including phenoxy) is 2. The van der Waals surface area contributed by atoms with Gasteiger partial charge in [0.25, 0.3) is 0 Å². The van der Waals surface area contributed by atoms with Crippen LogP contribution in [0.4, 0.5) is 0 Å². The number of unbranched alkanes of at least 4 members (excludes halogenated alkanes) is 3. The SMILES string of the molecule is N#CC(C#N)=C1CC(OCCO)CC(NCCCCCCNC2=C(C#N)C(=C(C#N)C#N)CC(OCCO)C2)=C1C#N. The minimum absolute atomic E-state index is 0.117. The zero-order valence-corrected chi connectivity index (χ0v) is 23.4. The van der Waals surface area contributed by atoms with Gasteiger partial charge in [0.05, 0.1) is 49.8 Å². The van der Waals surface area contributed by atoms with Crippen LogP contribution in [0.15, 0.2) is 44.8 Å². The third-order valence-corrected chi connectivity index (χ3v) is 6.88. The normalized spacial score (nSPS) is 18.1. The summed E-state index contributed by atoms with van der Waals surface area (Å²) in [4.78, 5) is 0. The van der Waals surface area contributed by atoms with E-state index in [4.69, 9.17) is 19.7 Å². The fraction of sp³-hybridized carbons (Fsp3) is 0.533. The predicted molar refractivity (Wildman–Crippen MR) is 148 cm³/mol. The molecule has 0 saturated carbocycles. The van der Waals surface area contributed by atoms with Crippen LogP contribution in [0.3, 0.4) is 0 Å². The molecular formula is C30H34N8O4. The molecule has 0 spiro atoms. The minimum Gasteiger partial charge on any atom is -0.394 e. The molecule has 4 N–H and O–H groups in total. The van der Waals surface area contributed by atoms with Crippen molar-refractivity contribution in [2.45, 2.75) is 63.6 Å². The number of aliphatic hydroxyl groups excluding tert-OH is 2. The first-order valence-electron chi connectivity index (χ1n) is 13.8. The highest BCUT2D eigenvalue weighted by Crippen LogP contribution is 2.33. The molecule has 42 heavy (non-hydrogen) atoms. The van der Waals surface area contributed by atoms with Crippen molar-refractivity contribution in [3.8, 4) is 36.4 Å². The standard InChI is InChI=1S/C30H34N8O4/c31-15-21(16-32)25-11-23(41-9-7-39)13-29(27(25)19-35)37-5-3-1-2-4-6-38-30-14-24(42-10-8-40)12-26(28(30)20-36)22(17-33)18-34/h23-24,37-40H,1-14H2. The second-order valence-electron chi connectivity index (χ2n) is 9.60. The minimum atomic E-state index is -0.358. The second-order valence-corrected chi connectivity index (χ2v) is 9.60. The van der Waals surface area contributed by atoms with Crippen molar-refractivity contribution in [1.82, 2.24) is 10.6 Å². The van der Waals surface area contributed by atoms with Crippen LogP contribution >= 0.6 is 0 Å². The summed E-state index contributed by atoms with van der Waals surface area (Å²) in [7, 11) is 0. The van der Waals surface area contributed by atoms with Gasteiger partial charge in [0.15, 0.2) is 0 Å². The van der Waals surface area contributed by atoms with E-state index in [9.17, 15) is 31.6 Å². The Labute approximate surface area is 246 Å². The number of nitriles is 6. The molecule has 0 bridgehead atoms. The largest absolute Gasteiger partial charge is 0.394 e. The Balaban J connectivity index is 1.94. The van der Waals surface area contributed by atoms with E-state index >= 15 is 0 Å². The number of hydrogen-bond donors (Lipinski definition) is 4. The summed E-state index contributed by atoms with van der Waals surface area (Å²) >= 11 is 0. The molecule has 12 heteroatoms. The summed E-state index contributed by atoms with van der Waals surface area (Å²) in [5, 5.41) is 81.6. The van der Waals surface area contributed by atoms with Crippen LogP contribution in [0, 0.1) is 68.0 Å². The lowest BCUT2D eigenvalue weighted by molar-refractivity contribution is 0.0268. The summed E-state index contributed by atoms with van der Waals surface area (Å²) in [5.74, 6) is 0. The number of aliphatic hydroxyl groups is 2. The highest BCUT2D eigenvalue weighted by atomic mass is 16.5. The van der Waals surface area contributed by atoms with Crippen LogP contribution in [-0.4, -0.2) is 61.9 Å². The number of hydrogen-bond acceptors (Lipinski definition) is 12. The maximum Gasteiger partial charge on any atom is 0.134 e. The van der Waals surface area contributed by atoms with Crippen LogP contribution in [0.1, 0.15) is 51.4 Å². The van der Waals surface area contributed by atoms with E-state index in [-0.39, 0.29) is 62.6 Å². The van der Waals surface area contributed by atoms with Gasteiger partial charge in [0.1, 0.15) is 47.6 Å². The van der Waals surface area contributed by atoms with Gasteiger partial charge in [-0.15, -0.1) is 0 Å². The maximum atomic E-state index is 9.75. The molecule has 0 aromatic carbocycles. The first-order valence-corrected chi connectivity index (χ1v) is 13.8. The predicted octanol–water partition coefficient (Wildman–Crippen LogP) is 2.31. The summed E-state index contributed by atoms with van der Waals surface area (Å²) in [6.07, 6.45) is 3.97. The molecule has 0 amide bonds. The van der Waals surface area contributed by atoms with E-state index in [1.807, 2.05) is 24.3 Å². The molecule has 2 rings (SSSR count). The van der Waals surface area contributed by atoms with Crippen LogP contribution in [0.5, 0.6) is 0 Å². The van der Waals surface area contributed by atoms with Crippen molar-refractivity contribution in [2.24, 2.45) is 0 Å². The molecule has 0 radical (unpaired) electrons. The molecule has 0 aromatic heterocycles. The summed E-state index contributed by atoms with van der Waals surface area (Å²) < 4.78 is 11.3. The zero-order chi connectivity index (χ0) is 30.7. The molecule has 0 saturated heterocycles. The van der Waals surface area contributed by atoms with Crippen LogP contribution in [0.25, 0.3) is 0 Å². The van der Waals surface area contributed by atoms with Gasteiger partial charge in [-0.1, -0.05) is 12.8 Å². The monoisotopic (exact) mass is 570 g/mol. The summed E-state index contributed by atoms with van der Waals surface area (Å²) in [6.45, 7) is 1.08. The van der Waals surface area contributed by atoms with Gasteiger partial charge < -0.3 is 30.3 Å². The maximum absolute atomic E-state index is 9.75. The van der Waals surface area contributed by atoms with Gasteiger partial charge in [0, 0.05) is 61.3 Å². The highest BCUT2D eigenvalue weighted by Gasteiger charge is 2.29. The molecule has 0 heterocycles. The molecule has 218 valence electrons. The molecule has 2 aliphatic rings. The van der Waals surface area contributed by atoms with Crippen LogP contribution in [-0.2, 0) is 9.47 Å². The zero-order valence-electron chi connectivity index (χ0n) is 23.4. The van der Waals surface area contributed by atoms with Crippen molar-refractivity contribution < 1.29 is 19.7 Å². The van der Waals surface area contributed by atoms with Gasteiger partial charge in [0.2, 0.25) is 0 Å². The molecule has 2 aliphatic carbocycles. The van der Waals surface area contributed by atoms with E-state index < -0.39 is 0 Å². The number of nitrogens with one attached hydrogen (secondary N) is 2. The van der Waals surface area contributed by atoms with Crippen molar-refractivity contribution >= 4 is 0 Å². The average Bonchev–Trinajstić information content (AvgIpc) is 3.01. The molecule has 0 aliphatic heterocycles. The number of rotatable bonds is 15. The fourth-order valence-corrected chi connectivity index (χ4v) is 4.95. The van der Waals surface area contributed by atoms with Gasteiger partial charge >= 0.3 is 0 Å². The smallest absolute Gasteiger partial charge is 0.134 e. The second kappa shape index (κ2) is 18.6. The highest BCUT2D eigenvalue weighted by molar-refractivity contribution is 5.58. The third kappa shape index (κ3) is 9.47. The van der Waals surface area contributed by atoms with E-state index in [0.29, 0.717) is 59.6 Å². The van der Waals surface area contributed by atoms with Gasteiger partial charge in [-0.05, 0) is 12.8 Å². The first kappa shape index (κ1) is 33.5. The lowest BCUT2D eigenvalue weighted by Crippen LogP contribution is -2.29. The first-order chi connectivity index (χ1) is 20.5. The van der Waals surface area contributed by atoms with Gasteiger partial charge in [-0.3, -0.25) is 0 Å². The Morgan fingerprint density at radius 1 is 0.619 bits per heavy atom. The van der Waals surface area contributed by atoms with Crippen LogP contribution < -0.4 is 10.6 Å². The molecule has 0 aromatic rings. The van der Waals surface area contributed by atoms with E-state index in [0.717, 1.165) is 25.7 Å². The molecule has 2 unspecified atom stereocenters. The van der Waals surface area contributed by atoms with Crippen LogP contribution in [0.2, 0.25) is 0 Å².